The van der Waals surface area contributed by atoms with Crippen LogP contribution < -0.4 is 5.73 Å². The van der Waals surface area contributed by atoms with Crippen molar-refractivity contribution in [1.29, 1.82) is 0 Å². The van der Waals surface area contributed by atoms with E-state index in [0.29, 0.717) is 0 Å². The van der Waals surface area contributed by atoms with Crippen LogP contribution in [0.5, 0.6) is 0 Å². The average molecular weight is 244 g/mol. The van der Waals surface area contributed by atoms with E-state index in [0.717, 1.165) is 10.0 Å². The number of esters is 1. The number of hydrogen-bond donors (Lipinski definition) is 1. The number of ether oxygens (including phenoxy) is 1. The zero-order valence-corrected chi connectivity index (χ0v) is 8.74. The highest BCUT2D eigenvalue weighted by atomic mass is 79.9. The Balaban J connectivity index is 2.83. The van der Waals surface area contributed by atoms with E-state index in [9.17, 15) is 4.79 Å². The van der Waals surface area contributed by atoms with Crippen LogP contribution in [-0.4, -0.2) is 13.1 Å². The molecule has 0 bridgehead atoms. The van der Waals surface area contributed by atoms with Crippen LogP contribution in [0.3, 0.4) is 0 Å². The van der Waals surface area contributed by atoms with Gasteiger partial charge in [-0.15, -0.1) is 0 Å². The van der Waals surface area contributed by atoms with Crippen molar-refractivity contribution in [3.8, 4) is 0 Å². The van der Waals surface area contributed by atoms with Crippen molar-refractivity contribution >= 4 is 21.9 Å². The second-order valence-electron chi connectivity index (χ2n) is 2.55. The first-order valence-corrected chi connectivity index (χ1v) is 4.53. The lowest BCUT2D eigenvalue weighted by molar-refractivity contribution is -0.142. The molecule has 0 unspecified atom stereocenters. The van der Waals surface area contributed by atoms with E-state index >= 15 is 0 Å². The lowest BCUT2D eigenvalue weighted by atomic mass is 10.1. The summed E-state index contributed by atoms with van der Waals surface area (Å²) in [6, 6.07) is 6.53. The lowest BCUT2D eigenvalue weighted by Crippen LogP contribution is -2.22. The van der Waals surface area contributed by atoms with Gasteiger partial charge in [0.05, 0.1) is 7.11 Å². The summed E-state index contributed by atoms with van der Waals surface area (Å²) in [5, 5.41) is 0. The normalized spacial score (nSPS) is 12.2. The van der Waals surface area contributed by atoms with Crippen LogP contribution in [0, 0.1) is 0 Å². The summed E-state index contributed by atoms with van der Waals surface area (Å²) in [6.07, 6.45) is 0. The summed E-state index contributed by atoms with van der Waals surface area (Å²) in [7, 11) is 1.32. The van der Waals surface area contributed by atoms with E-state index < -0.39 is 12.0 Å². The maximum Gasteiger partial charge on any atom is 0.327 e. The molecule has 0 heterocycles. The molecule has 4 heteroatoms. The molecule has 3 nitrogen and oxygen atoms in total. The maximum atomic E-state index is 11.0. The zero-order chi connectivity index (χ0) is 9.84. The number of halogens is 1. The molecule has 13 heavy (non-hydrogen) atoms. The lowest BCUT2D eigenvalue weighted by Gasteiger charge is -2.08. The molecule has 1 atom stereocenters. The minimum atomic E-state index is -0.696. The summed E-state index contributed by atoms with van der Waals surface area (Å²) in [6.45, 7) is 0. The predicted molar refractivity (Wildman–Crippen MR) is 53.1 cm³/mol. The fourth-order valence-electron chi connectivity index (χ4n) is 0.933. The Bertz CT molecular complexity index is 297. The number of nitrogens with two attached hydrogens (primary N) is 1. The summed E-state index contributed by atoms with van der Waals surface area (Å²) in [4.78, 5) is 11.0. The number of rotatable bonds is 2. The molecule has 0 spiro atoms. The van der Waals surface area contributed by atoms with Gasteiger partial charge in [0, 0.05) is 4.47 Å². The Morgan fingerprint density at radius 3 is 2.46 bits per heavy atom. The highest BCUT2D eigenvalue weighted by Gasteiger charge is 2.15. The van der Waals surface area contributed by atoms with Crippen LogP contribution >= 0.6 is 15.9 Å². The van der Waals surface area contributed by atoms with E-state index in [1.807, 2.05) is 12.1 Å². The first-order chi connectivity index (χ1) is 6.15. The smallest absolute Gasteiger partial charge is 0.327 e. The van der Waals surface area contributed by atoms with Crippen molar-refractivity contribution in [2.45, 2.75) is 6.04 Å². The third kappa shape index (κ3) is 2.54. The number of carbonyl (C=O) groups is 1. The molecule has 0 aromatic heterocycles. The van der Waals surface area contributed by atoms with Gasteiger partial charge >= 0.3 is 5.97 Å². The van der Waals surface area contributed by atoms with Crippen molar-refractivity contribution in [2.75, 3.05) is 7.11 Å². The van der Waals surface area contributed by atoms with Crippen molar-refractivity contribution in [2.24, 2.45) is 5.73 Å². The third-order valence-corrected chi connectivity index (χ3v) is 2.21. The summed E-state index contributed by atoms with van der Waals surface area (Å²) >= 11 is 3.29. The molecule has 0 saturated heterocycles. The molecule has 0 aliphatic rings. The molecule has 0 aliphatic heterocycles. The van der Waals surface area contributed by atoms with Crippen LogP contribution in [0.1, 0.15) is 11.6 Å². The van der Waals surface area contributed by atoms with Crippen LogP contribution in [0.25, 0.3) is 0 Å². The average Bonchev–Trinajstić information content (AvgIpc) is 2.17. The van der Waals surface area contributed by atoms with E-state index in [2.05, 4.69) is 20.7 Å². The van der Waals surface area contributed by atoms with Crippen molar-refractivity contribution in [3.63, 3.8) is 0 Å². The van der Waals surface area contributed by atoms with Gasteiger partial charge in [0.2, 0.25) is 0 Å². The Hall–Kier alpha value is -0.870. The molecule has 0 saturated carbocycles. The van der Waals surface area contributed by atoms with Crippen molar-refractivity contribution < 1.29 is 9.53 Å². The molecule has 2 N–H and O–H groups in total. The number of carbonyl (C=O) groups excluding carboxylic acids is 1. The Morgan fingerprint density at radius 2 is 2.00 bits per heavy atom. The fourth-order valence-corrected chi connectivity index (χ4v) is 1.20. The molecule has 0 fully saturated rings. The quantitative estimate of drug-likeness (QED) is 0.804. The maximum absolute atomic E-state index is 11.0. The molecule has 0 radical (unpaired) electrons. The van der Waals surface area contributed by atoms with Crippen molar-refractivity contribution in [1.82, 2.24) is 0 Å². The largest absolute Gasteiger partial charge is 0.468 e. The molecule has 1 aromatic carbocycles. The van der Waals surface area contributed by atoms with Gasteiger partial charge in [-0.1, -0.05) is 28.1 Å². The van der Waals surface area contributed by atoms with Crippen LogP contribution in [-0.2, 0) is 9.53 Å². The fraction of sp³-hybridized carbons (Fsp3) is 0.222. The van der Waals surface area contributed by atoms with E-state index in [1.165, 1.54) is 7.11 Å². The SMILES string of the molecule is COC(=O)[C@H](N)c1ccc(Br)cc1. The van der Waals surface area contributed by atoms with Gasteiger partial charge in [0.1, 0.15) is 6.04 Å². The summed E-state index contributed by atoms with van der Waals surface area (Å²) < 4.78 is 5.47. The highest BCUT2D eigenvalue weighted by molar-refractivity contribution is 9.10. The standard InChI is InChI=1S/C9H10BrNO2/c1-13-9(12)8(11)6-2-4-7(10)5-3-6/h2-5,8H,11H2,1H3/t8-/m1/s1. The molecule has 0 aliphatic carbocycles. The van der Waals surface area contributed by atoms with Gasteiger partial charge in [-0.25, -0.2) is 0 Å². The predicted octanol–water partition coefficient (Wildman–Crippen LogP) is 1.62. The highest BCUT2D eigenvalue weighted by Crippen LogP contribution is 2.15. The van der Waals surface area contributed by atoms with Gasteiger partial charge in [0.25, 0.3) is 0 Å². The molecule has 0 amide bonds. The first kappa shape index (κ1) is 10.2. The second kappa shape index (κ2) is 4.39. The summed E-state index contributed by atoms with van der Waals surface area (Å²) in [5.74, 6) is -0.428. The minimum Gasteiger partial charge on any atom is -0.468 e. The van der Waals surface area contributed by atoms with Gasteiger partial charge < -0.3 is 10.5 Å². The zero-order valence-electron chi connectivity index (χ0n) is 7.16. The third-order valence-electron chi connectivity index (χ3n) is 1.68. The first-order valence-electron chi connectivity index (χ1n) is 3.74. The van der Waals surface area contributed by atoms with Crippen LogP contribution in [0.15, 0.2) is 28.7 Å². The number of hydrogen-bond acceptors (Lipinski definition) is 3. The van der Waals surface area contributed by atoms with Gasteiger partial charge in [-0.3, -0.25) is 4.79 Å². The van der Waals surface area contributed by atoms with Crippen LogP contribution in [0.2, 0.25) is 0 Å². The van der Waals surface area contributed by atoms with Gasteiger partial charge in [-0.2, -0.15) is 0 Å². The molecule has 70 valence electrons. The van der Waals surface area contributed by atoms with E-state index in [4.69, 9.17) is 5.73 Å². The van der Waals surface area contributed by atoms with E-state index in [1.54, 1.807) is 12.1 Å². The molecule has 1 rings (SSSR count). The van der Waals surface area contributed by atoms with Gasteiger partial charge in [0.15, 0.2) is 0 Å². The van der Waals surface area contributed by atoms with Crippen LogP contribution in [0.4, 0.5) is 0 Å². The van der Waals surface area contributed by atoms with Crippen molar-refractivity contribution in [3.05, 3.63) is 34.3 Å². The number of benzene rings is 1. The summed E-state index contributed by atoms with van der Waals surface area (Å²) in [5.41, 5.74) is 6.35. The Kier molecular flexibility index (Phi) is 3.45. The number of methoxy groups -OCH3 is 1. The molecular formula is C9H10BrNO2. The Labute approximate surface area is 85.0 Å². The monoisotopic (exact) mass is 243 g/mol. The van der Waals surface area contributed by atoms with E-state index in [-0.39, 0.29) is 0 Å². The Morgan fingerprint density at radius 1 is 1.46 bits per heavy atom. The molecular weight excluding hydrogens is 234 g/mol. The van der Waals surface area contributed by atoms with Gasteiger partial charge in [-0.05, 0) is 17.7 Å². The topological polar surface area (TPSA) is 52.3 Å². The minimum absolute atomic E-state index is 0.428. The second-order valence-corrected chi connectivity index (χ2v) is 3.47. The molecule has 1 aromatic rings.